The highest BCUT2D eigenvalue weighted by molar-refractivity contribution is 7.45. The van der Waals surface area contributed by atoms with E-state index >= 15 is 0 Å². The Bertz CT molecular complexity index is 1120. The zero-order valence-corrected chi connectivity index (χ0v) is 19.3. The summed E-state index contributed by atoms with van der Waals surface area (Å²) in [5, 5.41) is 10.2. The molecule has 0 radical (unpaired) electrons. The Morgan fingerprint density at radius 3 is 2.00 bits per heavy atom. The number of phosphoric acid groups is 1. The van der Waals surface area contributed by atoms with Gasteiger partial charge in [0, 0.05) is 15.5 Å². The Hall–Kier alpha value is -2.27. The van der Waals surface area contributed by atoms with E-state index in [-0.39, 0.29) is 17.0 Å². The molecule has 0 fully saturated rings. The van der Waals surface area contributed by atoms with Gasteiger partial charge in [0.1, 0.15) is 11.4 Å². The predicted octanol–water partition coefficient (Wildman–Crippen LogP) is -0.640. The lowest BCUT2D eigenvalue weighted by molar-refractivity contribution is -0.734. The summed E-state index contributed by atoms with van der Waals surface area (Å²) in [6, 6.07) is 20.0. The molecule has 0 aliphatic carbocycles. The molecule has 0 amide bonds. The molecule has 3 N–H and O–H groups in total. The molecule has 0 saturated heterocycles. The van der Waals surface area contributed by atoms with Crippen LogP contribution in [0.25, 0.3) is 22.2 Å². The van der Waals surface area contributed by atoms with Gasteiger partial charge in [0.25, 0.3) is 5.82 Å². The van der Waals surface area contributed by atoms with E-state index in [0.29, 0.717) is 5.82 Å². The number of thiazole rings is 1. The zero-order chi connectivity index (χ0) is 21.0. The molecule has 0 bridgehead atoms. The molecular formula is C18H19BrN5O4PS. The van der Waals surface area contributed by atoms with Crippen molar-refractivity contribution in [3.05, 3.63) is 71.2 Å². The monoisotopic (exact) mass is 511 g/mol. The summed E-state index contributed by atoms with van der Waals surface area (Å²) in [6.07, 6.45) is 0. The number of rotatable bonds is 3. The van der Waals surface area contributed by atoms with Crippen LogP contribution in [0.2, 0.25) is 0 Å². The Kier molecular flexibility index (Phi) is 8.13. The maximum absolute atomic E-state index is 8.88. The van der Waals surface area contributed by atoms with Gasteiger partial charge in [0.2, 0.25) is 0 Å². The van der Waals surface area contributed by atoms with Gasteiger partial charge in [0.05, 0.1) is 0 Å². The lowest BCUT2D eigenvalue weighted by Gasteiger charge is -1.97. The van der Waals surface area contributed by atoms with Gasteiger partial charge in [-0.1, -0.05) is 52.7 Å². The number of tetrazole rings is 1. The highest BCUT2D eigenvalue weighted by Crippen LogP contribution is 2.25. The number of para-hydroxylation sites is 1. The molecule has 4 aromatic rings. The van der Waals surface area contributed by atoms with Crippen LogP contribution in [-0.4, -0.2) is 34.7 Å². The molecule has 30 heavy (non-hydrogen) atoms. The molecule has 4 rings (SSSR count). The fourth-order valence-electron chi connectivity index (χ4n) is 2.38. The molecule has 0 saturated carbocycles. The third-order valence-electron chi connectivity index (χ3n) is 3.77. The molecule has 158 valence electrons. The minimum absolute atomic E-state index is 0. The van der Waals surface area contributed by atoms with E-state index in [0.717, 1.165) is 22.1 Å². The number of nitrogens with zero attached hydrogens (tertiary/aromatic N) is 5. The van der Waals surface area contributed by atoms with Gasteiger partial charge >= 0.3 is 13.0 Å². The van der Waals surface area contributed by atoms with Crippen LogP contribution in [0.3, 0.4) is 0 Å². The van der Waals surface area contributed by atoms with E-state index in [4.69, 9.17) is 29.4 Å². The van der Waals surface area contributed by atoms with Crippen LogP contribution in [0.5, 0.6) is 0 Å². The van der Waals surface area contributed by atoms with Crippen molar-refractivity contribution in [2.75, 3.05) is 0 Å². The van der Waals surface area contributed by atoms with Gasteiger partial charge in [-0.3, -0.25) is 0 Å². The zero-order valence-electron chi connectivity index (χ0n) is 16.0. The van der Waals surface area contributed by atoms with Crippen LogP contribution in [-0.2, 0) is 4.57 Å². The van der Waals surface area contributed by atoms with Crippen LogP contribution in [0, 0.1) is 13.8 Å². The number of halogens is 1. The van der Waals surface area contributed by atoms with Crippen molar-refractivity contribution in [1.82, 2.24) is 20.0 Å². The topological polar surface area (TPSA) is 125 Å². The van der Waals surface area contributed by atoms with Gasteiger partial charge in [-0.25, -0.2) is 4.57 Å². The first-order valence-electron chi connectivity index (χ1n) is 8.45. The molecule has 0 unspecified atom stereocenters. The van der Waals surface area contributed by atoms with Gasteiger partial charge in [-0.05, 0) is 52.8 Å². The average Bonchev–Trinajstić information content (AvgIpc) is 3.26. The Labute approximate surface area is 187 Å². The highest BCUT2D eigenvalue weighted by atomic mass is 79.9. The van der Waals surface area contributed by atoms with Crippen LogP contribution >= 0.6 is 19.2 Å². The third kappa shape index (κ3) is 6.36. The molecular weight excluding hydrogens is 493 g/mol. The van der Waals surface area contributed by atoms with Crippen LogP contribution in [0.15, 0.2) is 60.7 Å². The molecule has 0 aliphatic rings. The van der Waals surface area contributed by atoms with Gasteiger partial charge in [-0.15, -0.1) is 0 Å². The summed E-state index contributed by atoms with van der Waals surface area (Å²) in [5.74, 6) is 0.671. The van der Waals surface area contributed by atoms with Crippen molar-refractivity contribution in [3.8, 4) is 22.2 Å². The Morgan fingerprint density at radius 2 is 1.50 bits per heavy atom. The van der Waals surface area contributed by atoms with E-state index in [2.05, 4.69) is 11.9 Å². The minimum Gasteiger partial charge on any atom is -1.00 e. The molecule has 12 heteroatoms. The number of aryl methyl sites for hydroxylation is 2. The van der Waals surface area contributed by atoms with Crippen molar-refractivity contribution in [2.45, 2.75) is 13.8 Å². The van der Waals surface area contributed by atoms with Crippen molar-refractivity contribution in [2.24, 2.45) is 0 Å². The normalized spacial score (nSPS) is 10.7. The summed E-state index contributed by atoms with van der Waals surface area (Å²) in [5.41, 5.74) is 2.94. The van der Waals surface area contributed by atoms with Crippen LogP contribution in [0.4, 0.5) is 0 Å². The van der Waals surface area contributed by atoms with Crippen molar-refractivity contribution >= 4 is 19.2 Å². The fourth-order valence-corrected chi connectivity index (χ4v) is 3.23. The third-order valence-corrected chi connectivity index (χ3v) is 4.80. The van der Waals surface area contributed by atoms with Gasteiger partial charge in [0.15, 0.2) is 0 Å². The molecule has 0 aliphatic heterocycles. The summed E-state index contributed by atoms with van der Waals surface area (Å²) in [7, 11) is -4.64. The van der Waals surface area contributed by atoms with Crippen molar-refractivity contribution < 1.29 is 41.0 Å². The second-order valence-corrected chi connectivity index (χ2v) is 8.16. The summed E-state index contributed by atoms with van der Waals surface area (Å²) in [4.78, 5) is 30.9. The van der Waals surface area contributed by atoms with Gasteiger partial charge < -0.3 is 31.7 Å². The molecule has 0 spiro atoms. The Balaban J connectivity index is 0.000000482. The van der Waals surface area contributed by atoms with E-state index in [9.17, 15) is 0 Å². The molecule has 9 nitrogen and oxygen atoms in total. The van der Waals surface area contributed by atoms with Crippen molar-refractivity contribution in [1.29, 1.82) is 0 Å². The second-order valence-electron chi connectivity index (χ2n) is 5.96. The fraction of sp³-hybridized carbons (Fsp3) is 0.111. The van der Waals surface area contributed by atoms with E-state index in [1.807, 2.05) is 67.6 Å². The highest BCUT2D eigenvalue weighted by Gasteiger charge is 2.24. The van der Waals surface area contributed by atoms with Crippen LogP contribution in [0.1, 0.15) is 10.6 Å². The van der Waals surface area contributed by atoms with E-state index in [1.54, 1.807) is 20.9 Å². The summed E-state index contributed by atoms with van der Waals surface area (Å²) in [6.45, 7) is 4.08. The lowest BCUT2D eigenvalue weighted by Crippen LogP contribution is -3.00. The van der Waals surface area contributed by atoms with E-state index in [1.165, 1.54) is 4.88 Å². The molecule has 2 heterocycles. The predicted molar refractivity (Wildman–Crippen MR) is 108 cm³/mol. The molecule has 2 aromatic heterocycles. The first-order chi connectivity index (χ1) is 13.7. The number of hydrogen-bond donors (Lipinski definition) is 3. The summed E-state index contributed by atoms with van der Waals surface area (Å²) < 4.78 is 8.88. The second kappa shape index (κ2) is 10.2. The van der Waals surface area contributed by atoms with E-state index < -0.39 is 7.82 Å². The van der Waals surface area contributed by atoms with Crippen molar-refractivity contribution in [3.63, 3.8) is 0 Å². The summed E-state index contributed by atoms with van der Waals surface area (Å²) >= 11 is 1.61. The van der Waals surface area contributed by atoms with Gasteiger partial charge in [-0.2, -0.15) is 0 Å². The number of hydrogen-bond acceptors (Lipinski definition) is 5. The number of aromatic nitrogens is 5. The maximum atomic E-state index is 8.88. The quantitative estimate of drug-likeness (QED) is 0.246. The smallest absolute Gasteiger partial charge is 0.466 e. The lowest BCUT2D eigenvalue weighted by atomic mass is 10.2. The average molecular weight is 512 g/mol. The van der Waals surface area contributed by atoms with Crippen LogP contribution < -0.4 is 21.8 Å². The minimum atomic E-state index is -4.64. The SMILES string of the molecule is Cc1nc(-[n+]2nc(-c3ccccc3)nn2-c2ccccc2)sc1C.O=P(O)(O)O.[Br-]. The standard InChI is InChI=1S/C18H16N5S.BrH.H3O4P/c1-13-14(2)24-18(19-13)23-21-17(15-9-5-3-6-10-15)20-22(23)16-11-7-4-8-12-16;;1-5(2,3)4/h3-12H,1-2H3;1H;(H3,1,2,3,4)/q+1;;/p-1. The Morgan fingerprint density at radius 1 is 0.967 bits per heavy atom. The largest absolute Gasteiger partial charge is 1.00 e. The number of benzene rings is 2. The molecule has 0 atom stereocenters. The maximum Gasteiger partial charge on any atom is 0.466 e. The molecule has 2 aromatic carbocycles. The first-order valence-corrected chi connectivity index (χ1v) is 10.8. The first kappa shape index (κ1) is 24.0.